The van der Waals surface area contributed by atoms with Crippen molar-refractivity contribution in [3.05, 3.63) is 12.3 Å². The van der Waals surface area contributed by atoms with Gasteiger partial charge < -0.3 is 4.90 Å². The molecule has 0 saturated carbocycles. The largest absolute Gasteiger partial charge is 0.323 e. The number of aryl methyl sites for hydroxylation is 1. The maximum absolute atomic E-state index is 12.1. The molecule has 1 atom stereocenters. The van der Waals surface area contributed by atoms with Gasteiger partial charge in [-0.15, -0.1) is 0 Å². The lowest BCUT2D eigenvalue weighted by atomic mass is 10.1. The van der Waals surface area contributed by atoms with Crippen LogP contribution < -0.4 is 5.32 Å². The maximum Gasteiger partial charge on any atom is 0.323 e. The number of nitrogens with one attached hydrogen (secondary N) is 1. The van der Waals surface area contributed by atoms with E-state index in [9.17, 15) is 4.79 Å². The van der Waals surface area contributed by atoms with Gasteiger partial charge in [-0.2, -0.15) is 5.10 Å². The molecule has 1 aliphatic rings. The van der Waals surface area contributed by atoms with Crippen molar-refractivity contribution >= 4 is 11.8 Å². The smallest absolute Gasteiger partial charge is 0.322 e. The molecule has 17 heavy (non-hydrogen) atoms. The molecule has 2 amide bonds. The number of likely N-dealkylation sites (tertiary alicyclic amines) is 1. The molecule has 5 nitrogen and oxygen atoms in total. The molecule has 0 aromatic carbocycles. The summed E-state index contributed by atoms with van der Waals surface area (Å²) < 4.78 is 1.68. The van der Waals surface area contributed by atoms with E-state index in [1.54, 1.807) is 10.7 Å². The molecule has 1 fully saturated rings. The molecule has 94 valence electrons. The fourth-order valence-electron chi connectivity index (χ4n) is 2.24. The number of aromatic nitrogens is 2. The normalized spacial score (nSPS) is 21.1. The van der Waals surface area contributed by atoms with Crippen LogP contribution in [0.4, 0.5) is 10.6 Å². The fraction of sp³-hybridized carbons (Fsp3) is 0.667. The van der Waals surface area contributed by atoms with E-state index in [2.05, 4.69) is 17.3 Å². The van der Waals surface area contributed by atoms with Crippen LogP contribution in [0.2, 0.25) is 0 Å². The Kier molecular flexibility index (Phi) is 3.66. The molecular weight excluding hydrogens is 216 g/mol. The SMILES string of the molecule is CC1CCCCCN1C(=O)Nc1ccn(C)n1. The number of rotatable bonds is 1. The highest BCUT2D eigenvalue weighted by Gasteiger charge is 2.22. The molecule has 1 aromatic heterocycles. The van der Waals surface area contributed by atoms with Crippen LogP contribution in [0.3, 0.4) is 0 Å². The van der Waals surface area contributed by atoms with Gasteiger partial charge in [-0.25, -0.2) is 4.79 Å². The molecule has 1 aliphatic heterocycles. The van der Waals surface area contributed by atoms with Crippen molar-refractivity contribution < 1.29 is 4.79 Å². The third-order valence-electron chi connectivity index (χ3n) is 3.26. The Hall–Kier alpha value is -1.52. The van der Waals surface area contributed by atoms with Crippen molar-refractivity contribution in [1.29, 1.82) is 0 Å². The van der Waals surface area contributed by atoms with E-state index in [0.717, 1.165) is 19.4 Å². The number of carbonyl (C=O) groups is 1. The second-order valence-electron chi connectivity index (χ2n) is 4.70. The summed E-state index contributed by atoms with van der Waals surface area (Å²) in [6.07, 6.45) is 6.45. The molecule has 0 bridgehead atoms. The van der Waals surface area contributed by atoms with Gasteiger partial charge in [-0.05, 0) is 19.8 Å². The summed E-state index contributed by atoms with van der Waals surface area (Å²) in [7, 11) is 1.84. The van der Waals surface area contributed by atoms with Crippen LogP contribution in [0.1, 0.15) is 32.6 Å². The van der Waals surface area contributed by atoms with Crippen LogP contribution in [-0.4, -0.2) is 33.3 Å². The summed E-state index contributed by atoms with van der Waals surface area (Å²) in [6, 6.07) is 2.10. The summed E-state index contributed by atoms with van der Waals surface area (Å²) in [5, 5.41) is 7.00. The van der Waals surface area contributed by atoms with Crippen molar-refractivity contribution in [2.45, 2.75) is 38.6 Å². The first-order chi connectivity index (χ1) is 8.16. The minimum Gasteiger partial charge on any atom is -0.322 e. The van der Waals surface area contributed by atoms with Crippen molar-refractivity contribution in [1.82, 2.24) is 14.7 Å². The van der Waals surface area contributed by atoms with E-state index in [4.69, 9.17) is 0 Å². The molecule has 0 spiro atoms. The number of urea groups is 1. The summed E-state index contributed by atoms with van der Waals surface area (Å²) in [5.74, 6) is 0.619. The highest BCUT2D eigenvalue weighted by molar-refractivity contribution is 5.88. The van der Waals surface area contributed by atoms with Gasteiger partial charge in [0.05, 0.1) is 0 Å². The quantitative estimate of drug-likeness (QED) is 0.812. The lowest BCUT2D eigenvalue weighted by Crippen LogP contribution is -2.41. The van der Waals surface area contributed by atoms with Crippen LogP contribution in [-0.2, 0) is 7.05 Å². The number of hydrogen-bond acceptors (Lipinski definition) is 2. The third kappa shape index (κ3) is 2.99. The van der Waals surface area contributed by atoms with Crippen LogP contribution in [0.5, 0.6) is 0 Å². The molecule has 0 aliphatic carbocycles. The van der Waals surface area contributed by atoms with E-state index >= 15 is 0 Å². The zero-order valence-corrected chi connectivity index (χ0v) is 10.5. The van der Waals surface area contributed by atoms with Gasteiger partial charge in [0.15, 0.2) is 5.82 Å². The van der Waals surface area contributed by atoms with Gasteiger partial charge in [-0.3, -0.25) is 10.00 Å². The molecule has 1 saturated heterocycles. The maximum atomic E-state index is 12.1. The minimum atomic E-state index is -0.0295. The first kappa shape index (κ1) is 12.0. The lowest BCUT2D eigenvalue weighted by Gasteiger charge is -2.26. The standard InChI is InChI=1S/C12H20N4O/c1-10-6-4-3-5-8-16(10)12(17)13-11-7-9-15(2)14-11/h7,9-10H,3-6,8H2,1-2H3,(H,13,14,17). The molecular formula is C12H20N4O. The molecule has 1 aromatic rings. The van der Waals surface area contributed by atoms with Gasteiger partial charge in [-0.1, -0.05) is 12.8 Å². The summed E-state index contributed by atoms with van der Waals surface area (Å²) >= 11 is 0. The second kappa shape index (κ2) is 5.21. The average molecular weight is 236 g/mol. The fourth-order valence-corrected chi connectivity index (χ4v) is 2.24. The summed E-state index contributed by atoms with van der Waals surface area (Å²) in [5.41, 5.74) is 0. The zero-order valence-electron chi connectivity index (χ0n) is 10.5. The molecule has 0 radical (unpaired) electrons. The predicted molar refractivity (Wildman–Crippen MR) is 66.9 cm³/mol. The molecule has 2 heterocycles. The van der Waals surface area contributed by atoms with Gasteiger partial charge in [0.2, 0.25) is 0 Å². The van der Waals surface area contributed by atoms with E-state index in [1.165, 1.54) is 12.8 Å². The lowest BCUT2D eigenvalue weighted by molar-refractivity contribution is 0.194. The summed E-state index contributed by atoms with van der Waals surface area (Å²) in [4.78, 5) is 14.0. The van der Waals surface area contributed by atoms with Crippen molar-refractivity contribution in [2.75, 3.05) is 11.9 Å². The average Bonchev–Trinajstić information content (AvgIpc) is 2.57. The van der Waals surface area contributed by atoms with Crippen LogP contribution >= 0.6 is 0 Å². The summed E-state index contributed by atoms with van der Waals surface area (Å²) in [6.45, 7) is 2.96. The Labute approximate surface area is 102 Å². The molecule has 5 heteroatoms. The molecule has 1 N–H and O–H groups in total. The molecule has 1 unspecified atom stereocenters. The number of anilines is 1. The van der Waals surface area contributed by atoms with Crippen molar-refractivity contribution in [2.24, 2.45) is 7.05 Å². The first-order valence-corrected chi connectivity index (χ1v) is 6.24. The van der Waals surface area contributed by atoms with Crippen LogP contribution in [0, 0.1) is 0 Å². The van der Waals surface area contributed by atoms with Crippen LogP contribution in [0.25, 0.3) is 0 Å². The van der Waals surface area contributed by atoms with E-state index < -0.39 is 0 Å². The Morgan fingerprint density at radius 3 is 3.00 bits per heavy atom. The van der Waals surface area contributed by atoms with E-state index in [0.29, 0.717) is 11.9 Å². The van der Waals surface area contributed by atoms with Crippen molar-refractivity contribution in [3.8, 4) is 0 Å². The minimum absolute atomic E-state index is 0.0295. The number of amides is 2. The number of nitrogens with zero attached hydrogens (tertiary/aromatic N) is 3. The van der Waals surface area contributed by atoms with E-state index in [-0.39, 0.29) is 6.03 Å². The monoisotopic (exact) mass is 236 g/mol. The Morgan fingerprint density at radius 1 is 1.47 bits per heavy atom. The van der Waals surface area contributed by atoms with Crippen molar-refractivity contribution in [3.63, 3.8) is 0 Å². The highest BCUT2D eigenvalue weighted by atomic mass is 16.2. The number of hydrogen-bond donors (Lipinski definition) is 1. The van der Waals surface area contributed by atoms with Crippen LogP contribution in [0.15, 0.2) is 12.3 Å². The third-order valence-corrected chi connectivity index (χ3v) is 3.26. The van der Waals surface area contributed by atoms with Gasteiger partial charge >= 0.3 is 6.03 Å². The topological polar surface area (TPSA) is 50.2 Å². The second-order valence-corrected chi connectivity index (χ2v) is 4.70. The zero-order chi connectivity index (χ0) is 12.3. The Balaban J connectivity index is 1.98. The number of carbonyl (C=O) groups excluding carboxylic acids is 1. The Bertz CT molecular complexity index is 388. The Morgan fingerprint density at radius 2 is 2.29 bits per heavy atom. The predicted octanol–water partition coefficient (Wildman–Crippen LogP) is 2.22. The first-order valence-electron chi connectivity index (χ1n) is 6.24. The van der Waals surface area contributed by atoms with Gasteiger partial charge in [0.25, 0.3) is 0 Å². The highest BCUT2D eigenvalue weighted by Crippen LogP contribution is 2.17. The molecule has 2 rings (SSSR count). The van der Waals surface area contributed by atoms with E-state index in [1.807, 2.05) is 18.1 Å². The van der Waals surface area contributed by atoms with Gasteiger partial charge in [0.1, 0.15) is 0 Å². The van der Waals surface area contributed by atoms with Gasteiger partial charge in [0, 0.05) is 31.9 Å².